The van der Waals surface area contributed by atoms with Gasteiger partial charge in [-0.15, -0.1) is 0 Å². The van der Waals surface area contributed by atoms with E-state index in [0.717, 1.165) is 22.6 Å². The summed E-state index contributed by atoms with van der Waals surface area (Å²) in [7, 11) is 5.58. The molecule has 7 nitrogen and oxygen atoms in total. The first-order valence-electron chi connectivity index (χ1n) is 8.08. The second kappa shape index (κ2) is 8.66. The molecule has 1 amide bonds. The van der Waals surface area contributed by atoms with Crippen LogP contribution in [0, 0.1) is 6.92 Å². The molecule has 0 saturated heterocycles. The molecule has 0 aliphatic carbocycles. The molecule has 1 aromatic carbocycles. The van der Waals surface area contributed by atoms with Gasteiger partial charge in [0.25, 0.3) is 5.91 Å². The van der Waals surface area contributed by atoms with Crippen molar-refractivity contribution in [3.8, 4) is 0 Å². The van der Waals surface area contributed by atoms with E-state index in [1.54, 1.807) is 19.4 Å². The van der Waals surface area contributed by atoms with Gasteiger partial charge in [-0.2, -0.15) is 0 Å². The van der Waals surface area contributed by atoms with Crippen molar-refractivity contribution in [1.29, 1.82) is 0 Å². The van der Waals surface area contributed by atoms with Crippen LogP contribution in [0.25, 0.3) is 0 Å². The Hall–Kier alpha value is -2.61. The van der Waals surface area contributed by atoms with Crippen molar-refractivity contribution < 1.29 is 14.3 Å². The molecule has 0 radical (unpaired) electrons. The summed E-state index contributed by atoms with van der Waals surface area (Å²) in [5.74, 6) is -0.907. The third-order valence-corrected chi connectivity index (χ3v) is 4.80. The first-order valence-corrected chi connectivity index (χ1v) is 8.96. The summed E-state index contributed by atoms with van der Waals surface area (Å²) in [5.41, 5.74) is 2.76. The Morgan fingerprint density at radius 3 is 2.35 bits per heavy atom. The lowest BCUT2D eigenvalue weighted by atomic mass is 10.2. The van der Waals surface area contributed by atoms with Crippen molar-refractivity contribution in [2.75, 3.05) is 32.6 Å². The molecule has 1 aromatic heterocycles. The Morgan fingerprint density at radius 1 is 1.15 bits per heavy atom. The SMILES string of the molecule is Cc1csc(=O)n1CC(=O)OCC(=O)N(C)Cc1ccc(N(C)C)cc1. The van der Waals surface area contributed by atoms with Gasteiger partial charge in [-0.25, -0.2) is 0 Å². The Bertz CT molecular complexity index is 824. The fraction of sp³-hybridized carbons (Fsp3) is 0.389. The first kappa shape index (κ1) is 19.7. The molecule has 0 bridgehead atoms. The molecule has 8 heteroatoms. The lowest BCUT2D eigenvalue weighted by molar-refractivity contribution is -0.152. The van der Waals surface area contributed by atoms with Gasteiger partial charge in [0.05, 0.1) is 0 Å². The molecular formula is C18H23N3O4S. The van der Waals surface area contributed by atoms with E-state index in [1.807, 2.05) is 43.3 Å². The van der Waals surface area contributed by atoms with Crippen LogP contribution in [0.2, 0.25) is 0 Å². The van der Waals surface area contributed by atoms with E-state index in [2.05, 4.69) is 0 Å². The van der Waals surface area contributed by atoms with Crippen LogP contribution < -0.4 is 9.77 Å². The fourth-order valence-corrected chi connectivity index (χ4v) is 3.02. The number of likely N-dealkylation sites (N-methyl/N-ethyl adjacent to an activating group) is 1. The van der Waals surface area contributed by atoms with Gasteiger partial charge in [-0.1, -0.05) is 23.5 Å². The van der Waals surface area contributed by atoms with Gasteiger partial charge in [0.1, 0.15) is 6.54 Å². The predicted molar refractivity (Wildman–Crippen MR) is 102 cm³/mol. The third kappa shape index (κ3) is 5.19. The molecule has 0 N–H and O–H groups in total. The van der Waals surface area contributed by atoms with Gasteiger partial charge in [-0.3, -0.25) is 19.0 Å². The summed E-state index contributed by atoms with van der Waals surface area (Å²) in [6, 6.07) is 7.87. The largest absolute Gasteiger partial charge is 0.454 e. The van der Waals surface area contributed by atoms with E-state index in [-0.39, 0.29) is 23.9 Å². The summed E-state index contributed by atoms with van der Waals surface area (Å²) in [4.78, 5) is 38.9. The summed E-state index contributed by atoms with van der Waals surface area (Å²) in [5, 5.41) is 1.68. The van der Waals surface area contributed by atoms with Crippen molar-refractivity contribution in [2.24, 2.45) is 0 Å². The quantitative estimate of drug-likeness (QED) is 0.684. The number of thiazole rings is 1. The van der Waals surface area contributed by atoms with Crippen LogP contribution in [0.15, 0.2) is 34.4 Å². The number of aromatic nitrogens is 1. The zero-order valence-electron chi connectivity index (χ0n) is 15.4. The Morgan fingerprint density at radius 2 is 1.81 bits per heavy atom. The monoisotopic (exact) mass is 377 g/mol. The second-order valence-corrected chi connectivity index (χ2v) is 7.02. The van der Waals surface area contributed by atoms with Gasteiger partial charge < -0.3 is 14.5 Å². The zero-order chi connectivity index (χ0) is 19.3. The van der Waals surface area contributed by atoms with Crippen molar-refractivity contribution in [3.63, 3.8) is 0 Å². The molecule has 0 atom stereocenters. The van der Waals surface area contributed by atoms with Gasteiger partial charge in [0, 0.05) is 44.4 Å². The third-order valence-electron chi connectivity index (χ3n) is 3.92. The molecular weight excluding hydrogens is 354 g/mol. The molecule has 2 rings (SSSR count). The number of hydrogen-bond acceptors (Lipinski definition) is 6. The number of nitrogens with zero attached hydrogens (tertiary/aromatic N) is 3. The maximum absolute atomic E-state index is 12.1. The minimum absolute atomic E-state index is 0.183. The molecule has 1 heterocycles. The highest BCUT2D eigenvalue weighted by Crippen LogP contribution is 2.13. The van der Waals surface area contributed by atoms with E-state index in [0.29, 0.717) is 12.2 Å². The smallest absolute Gasteiger partial charge is 0.326 e. The van der Waals surface area contributed by atoms with E-state index in [4.69, 9.17) is 4.74 Å². The Balaban J connectivity index is 1.83. The van der Waals surface area contributed by atoms with Gasteiger partial charge in [-0.05, 0) is 24.6 Å². The number of carbonyl (C=O) groups is 2. The van der Waals surface area contributed by atoms with Gasteiger partial charge >= 0.3 is 10.8 Å². The lowest BCUT2D eigenvalue weighted by Gasteiger charge is -2.18. The molecule has 0 spiro atoms. The van der Waals surface area contributed by atoms with Crippen molar-refractivity contribution in [1.82, 2.24) is 9.47 Å². The van der Waals surface area contributed by atoms with Crippen LogP contribution in [0.1, 0.15) is 11.3 Å². The van der Waals surface area contributed by atoms with E-state index in [1.165, 1.54) is 9.47 Å². The number of rotatable bonds is 7. The zero-order valence-corrected chi connectivity index (χ0v) is 16.2. The van der Waals surface area contributed by atoms with Crippen molar-refractivity contribution >= 4 is 28.9 Å². The number of amides is 1. The van der Waals surface area contributed by atoms with Crippen molar-refractivity contribution in [2.45, 2.75) is 20.0 Å². The van der Waals surface area contributed by atoms with E-state index >= 15 is 0 Å². The molecule has 0 unspecified atom stereocenters. The molecule has 0 fully saturated rings. The average molecular weight is 377 g/mol. The highest BCUT2D eigenvalue weighted by molar-refractivity contribution is 7.07. The summed E-state index contributed by atoms with van der Waals surface area (Å²) < 4.78 is 6.33. The summed E-state index contributed by atoms with van der Waals surface area (Å²) >= 11 is 1.03. The van der Waals surface area contributed by atoms with Gasteiger partial charge in [0.2, 0.25) is 0 Å². The highest BCUT2D eigenvalue weighted by Gasteiger charge is 2.14. The minimum atomic E-state index is -0.606. The standard InChI is InChI=1S/C18H23N3O4S/c1-13-12-26-18(24)21(13)10-17(23)25-11-16(22)20(4)9-14-5-7-15(8-6-14)19(2)3/h5-8,12H,9-11H2,1-4H3. The van der Waals surface area contributed by atoms with Crippen LogP contribution in [0.4, 0.5) is 5.69 Å². The van der Waals surface area contributed by atoms with Crippen LogP contribution in [0.3, 0.4) is 0 Å². The lowest BCUT2D eigenvalue weighted by Crippen LogP contribution is -2.32. The second-order valence-electron chi connectivity index (χ2n) is 6.20. The summed E-state index contributed by atoms with van der Waals surface area (Å²) in [6.45, 7) is 1.64. The number of carbonyl (C=O) groups excluding carboxylic acids is 2. The van der Waals surface area contributed by atoms with Gasteiger partial charge in [0.15, 0.2) is 6.61 Å². The Kier molecular flexibility index (Phi) is 6.57. The molecule has 0 aliphatic heterocycles. The van der Waals surface area contributed by atoms with Crippen LogP contribution >= 0.6 is 11.3 Å². The maximum atomic E-state index is 12.1. The fourth-order valence-electron chi connectivity index (χ4n) is 2.28. The number of benzene rings is 1. The molecule has 26 heavy (non-hydrogen) atoms. The number of hydrogen-bond donors (Lipinski definition) is 0. The topological polar surface area (TPSA) is 71.8 Å². The number of esters is 1. The molecule has 0 aliphatic rings. The van der Waals surface area contributed by atoms with E-state index in [9.17, 15) is 14.4 Å². The predicted octanol–water partition coefficient (Wildman–Crippen LogP) is 1.49. The maximum Gasteiger partial charge on any atom is 0.326 e. The number of aryl methyl sites for hydroxylation is 1. The van der Waals surface area contributed by atoms with Crippen LogP contribution in [-0.2, 0) is 27.4 Å². The first-order chi connectivity index (χ1) is 12.3. The Labute approximate surface area is 156 Å². The molecule has 2 aromatic rings. The average Bonchev–Trinajstić information content (AvgIpc) is 2.92. The highest BCUT2D eigenvalue weighted by atomic mass is 32.1. The van der Waals surface area contributed by atoms with Crippen molar-refractivity contribution in [3.05, 3.63) is 50.6 Å². The molecule has 140 valence electrons. The van der Waals surface area contributed by atoms with Crippen LogP contribution in [0.5, 0.6) is 0 Å². The van der Waals surface area contributed by atoms with Crippen LogP contribution in [-0.4, -0.2) is 49.1 Å². The van der Waals surface area contributed by atoms with E-state index < -0.39 is 5.97 Å². The number of ether oxygens (including phenoxy) is 1. The molecule has 0 saturated carbocycles. The summed E-state index contributed by atoms with van der Waals surface area (Å²) in [6.07, 6.45) is 0. The normalized spacial score (nSPS) is 10.5. The minimum Gasteiger partial charge on any atom is -0.454 e. The number of anilines is 1.